The standard InChI is InChI=1S/C10H12O2/c1-8(11)10(2,12)9-6-4-3-5-7-9/h3-7,12H,1-2H3. The Labute approximate surface area is 71.8 Å². The summed E-state index contributed by atoms with van der Waals surface area (Å²) in [5.74, 6) is -0.242. The summed E-state index contributed by atoms with van der Waals surface area (Å²) in [5.41, 5.74) is -0.709. The highest BCUT2D eigenvalue weighted by molar-refractivity contribution is 5.85. The van der Waals surface area contributed by atoms with Gasteiger partial charge in [0.05, 0.1) is 0 Å². The van der Waals surface area contributed by atoms with Crippen molar-refractivity contribution in [3.63, 3.8) is 0 Å². The van der Waals surface area contributed by atoms with Crippen LogP contribution in [0.5, 0.6) is 0 Å². The second-order valence-electron chi connectivity index (χ2n) is 2.99. The summed E-state index contributed by atoms with van der Waals surface area (Å²) in [6, 6.07) is 8.92. The molecule has 1 N–H and O–H groups in total. The van der Waals surface area contributed by atoms with E-state index in [1.165, 1.54) is 13.8 Å². The maximum Gasteiger partial charge on any atom is 0.165 e. The van der Waals surface area contributed by atoms with Crippen LogP contribution >= 0.6 is 0 Å². The van der Waals surface area contributed by atoms with Crippen molar-refractivity contribution in [2.24, 2.45) is 0 Å². The Bertz CT molecular complexity index is 275. The highest BCUT2D eigenvalue weighted by Gasteiger charge is 2.27. The molecule has 1 rings (SSSR count). The van der Waals surface area contributed by atoms with Gasteiger partial charge in [-0.05, 0) is 19.4 Å². The fourth-order valence-electron chi connectivity index (χ4n) is 0.966. The predicted molar refractivity (Wildman–Crippen MR) is 46.7 cm³/mol. The summed E-state index contributed by atoms with van der Waals surface area (Å²) in [6.45, 7) is 2.89. The molecule has 1 aromatic carbocycles. The SMILES string of the molecule is CC(=O)C(C)(O)c1ccccc1. The lowest BCUT2D eigenvalue weighted by atomic mass is 9.92. The lowest BCUT2D eigenvalue weighted by molar-refractivity contribution is -0.134. The van der Waals surface area contributed by atoms with Gasteiger partial charge in [0.25, 0.3) is 0 Å². The summed E-state index contributed by atoms with van der Waals surface area (Å²) < 4.78 is 0. The van der Waals surface area contributed by atoms with E-state index in [9.17, 15) is 9.90 Å². The number of hydrogen-bond acceptors (Lipinski definition) is 2. The molecule has 2 nitrogen and oxygen atoms in total. The molecule has 2 heteroatoms. The maximum atomic E-state index is 11.0. The van der Waals surface area contributed by atoms with E-state index in [2.05, 4.69) is 0 Å². The lowest BCUT2D eigenvalue weighted by Crippen LogP contribution is -2.29. The van der Waals surface area contributed by atoms with Gasteiger partial charge in [-0.25, -0.2) is 0 Å². The summed E-state index contributed by atoms with van der Waals surface area (Å²) >= 11 is 0. The number of ketones is 1. The number of Topliss-reactive ketones (excluding diaryl/α,β-unsaturated/α-hetero) is 1. The first-order valence-corrected chi connectivity index (χ1v) is 3.84. The molecule has 0 saturated carbocycles. The average Bonchev–Trinajstić information content (AvgIpc) is 2.06. The summed E-state index contributed by atoms with van der Waals surface area (Å²) in [7, 11) is 0. The van der Waals surface area contributed by atoms with Crippen molar-refractivity contribution >= 4 is 5.78 Å². The number of carbonyl (C=O) groups is 1. The largest absolute Gasteiger partial charge is 0.378 e. The van der Waals surface area contributed by atoms with E-state index in [0.717, 1.165) is 0 Å². The van der Waals surface area contributed by atoms with Gasteiger partial charge in [-0.2, -0.15) is 0 Å². The molecule has 0 saturated heterocycles. The van der Waals surface area contributed by atoms with E-state index in [4.69, 9.17) is 0 Å². The van der Waals surface area contributed by atoms with Gasteiger partial charge in [-0.3, -0.25) is 4.79 Å². The van der Waals surface area contributed by atoms with Crippen molar-refractivity contribution in [3.8, 4) is 0 Å². The van der Waals surface area contributed by atoms with Crippen LogP contribution in [0.3, 0.4) is 0 Å². The second kappa shape index (κ2) is 3.07. The van der Waals surface area contributed by atoms with E-state index in [1.54, 1.807) is 24.3 Å². The fraction of sp³-hybridized carbons (Fsp3) is 0.300. The van der Waals surface area contributed by atoms with Crippen LogP contribution in [0.2, 0.25) is 0 Å². The van der Waals surface area contributed by atoms with Crippen molar-refractivity contribution < 1.29 is 9.90 Å². The molecule has 12 heavy (non-hydrogen) atoms. The van der Waals surface area contributed by atoms with Crippen LogP contribution in [0.1, 0.15) is 19.4 Å². The van der Waals surface area contributed by atoms with Gasteiger partial charge >= 0.3 is 0 Å². The Hall–Kier alpha value is -1.15. The van der Waals surface area contributed by atoms with Crippen LogP contribution in [-0.2, 0) is 10.4 Å². The zero-order valence-corrected chi connectivity index (χ0v) is 7.24. The Morgan fingerprint density at radius 1 is 1.33 bits per heavy atom. The first kappa shape index (κ1) is 8.94. The molecule has 1 atom stereocenters. The van der Waals surface area contributed by atoms with Crippen molar-refractivity contribution in [1.29, 1.82) is 0 Å². The van der Waals surface area contributed by atoms with Crippen LogP contribution in [-0.4, -0.2) is 10.9 Å². The molecular formula is C10H12O2. The van der Waals surface area contributed by atoms with E-state index < -0.39 is 5.60 Å². The molecule has 0 heterocycles. The molecule has 0 fully saturated rings. The third-order valence-electron chi connectivity index (χ3n) is 2.02. The quantitative estimate of drug-likeness (QED) is 0.719. The molecule has 0 aliphatic heterocycles. The number of hydrogen-bond donors (Lipinski definition) is 1. The van der Waals surface area contributed by atoms with Crippen molar-refractivity contribution in [2.75, 3.05) is 0 Å². The van der Waals surface area contributed by atoms with Crippen LogP contribution in [0.15, 0.2) is 30.3 Å². The van der Waals surface area contributed by atoms with Gasteiger partial charge in [-0.1, -0.05) is 30.3 Å². The van der Waals surface area contributed by atoms with E-state index in [1.807, 2.05) is 6.07 Å². The Morgan fingerprint density at radius 3 is 2.25 bits per heavy atom. The number of benzene rings is 1. The van der Waals surface area contributed by atoms with Crippen molar-refractivity contribution in [1.82, 2.24) is 0 Å². The third-order valence-corrected chi connectivity index (χ3v) is 2.02. The first-order valence-electron chi connectivity index (χ1n) is 3.84. The van der Waals surface area contributed by atoms with E-state index >= 15 is 0 Å². The van der Waals surface area contributed by atoms with Gasteiger partial charge in [0, 0.05) is 0 Å². The minimum atomic E-state index is -1.35. The van der Waals surface area contributed by atoms with E-state index in [0.29, 0.717) is 5.56 Å². The Kier molecular flexibility index (Phi) is 2.29. The topological polar surface area (TPSA) is 37.3 Å². The molecule has 1 aromatic rings. The first-order chi connectivity index (χ1) is 5.55. The zero-order valence-electron chi connectivity index (χ0n) is 7.24. The smallest absolute Gasteiger partial charge is 0.165 e. The lowest BCUT2D eigenvalue weighted by Gasteiger charge is -2.19. The average molecular weight is 164 g/mol. The third kappa shape index (κ3) is 1.53. The fourth-order valence-corrected chi connectivity index (χ4v) is 0.966. The monoisotopic (exact) mass is 164 g/mol. The maximum absolute atomic E-state index is 11.0. The van der Waals surface area contributed by atoms with Crippen molar-refractivity contribution in [3.05, 3.63) is 35.9 Å². The normalized spacial score (nSPS) is 15.2. The van der Waals surface area contributed by atoms with Gasteiger partial charge in [-0.15, -0.1) is 0 Å². The molecule has 0 aromatic heterocycles. The van der Waals surface area contributed by atoms with Crippen LogP contribution in [0.25, 0.3) is 0 Å². The number of rotatable bonds is 2. The number of aliphatic hydroxyl groups is 1. The highest BCUT2D eigenvalue weighted by Crippen LogP contribution is 2.20. The molecule has 0 bridgehead atoms. The Morgan fingerprint density at radius 2 is 1.83 bits per heavy atom. The minimum absolute atomic E-state index is 0.242. The van der Waals surface area contributed by atoms with Gasteiger partial charge in [0.2, 0.25) is 0 Å². The molecule has 0 radical (unpaired) electrons. The zero-order chi connectivity index (χ0) is 9.19. The second-order valence-corrected chi connectivity index (χ2v) is 2.99. The Balaban J connectivity index is 3.06. The van der Waals surface area contributed by atoms with Gasteiger partial charge in [0.1, 0.15) is 5.60 Å². The molecule has 0 aliphatic rings. The molecule has 0 spiro atoms. The molecule has 64 valence electrons. The highest BCUT2D eigenvalue weighted by atomic mass is 16.3. The minimum Gasteiger partial charge on any atom is -0.378 e. The predicted octanol–water partition coefficient (Wildman–Crippen LogP) is 1.48. The van der Waals surface area contributed by atoms with Gasteiger partial charge < -0.3 is 5.11 Å². The molecule has 1 unspecified atom stereocenters. The van der Waals surface area contributed by atoms with Crippen LogP contribution < -0.4 is 0 Å². The van der Waals surface area contributed by atoms with E-state index in [-0.39, 0.29) is 5.78 Å². The summed E-state index contributed by atoms with van der Waals surface area (Å²) in [6.07, 6.45) is 0. The molecular weight excluding hydrogens is 152 g/mol. The summed E-state index contributed by atoms with van der Waals surface area (Å²) in [5, 5.41) is 9.71. The summed E-state index contributed by atoms with van der Waals surface area (Å²) in [4.78, 5) is 11.0. The number of carbonyl (C=O) groups excluding carboxylic acids is 1. The van der Waals surface area contributed by atoms with Crippen LogP contribution in [0, 0.1) is 0 Å². The van der Waals surface area contributed by atoms with Gasteiger partial charge in [0.15, 0.2) is 5.78 Å². The molecule has 0 amide bonds. The van der Waals surface area contributed by atoms with Crippen molar-refractivity contribution in [2.45, 2.75) is 19.4 Å². The molecule has 0 aliphatic carbocycles. The van der Waals surface area contributed by atoms with Crippen LogP contribution in [0.4, 0.5) is 0 Å².